The molecule has 0 aromatic carbocycles. The van der Waals surface area contributed by atoms with E-state index >= 15 is 0 Å². The highest BCUT2D eigenvalue weighted by Gasteiger charge is 2.34. The number of hydrogen-bond donors (Lipinski definition) is 3. The zero-order valence-electron chi connectivity index (χ0n) is 5.70. The lowest BCUT2D eigenvalue weighted by Gasteiger charge is -2.03. The maximum Gasteiger partial charge on any atom is 0.365 e. The van der Waals surface area contributed by atoms with Crippen molar-refractivity contribution in [2.75, 3.05) is 6.54 Å². The first-order valence-electron chi connectivity index (χ1n) is 2.96. The van der Waals surface area contributed by atoms with E-state index in [9.17, 15) is 4.79 Å². The molecule has 1 rings (SSSR count). The number of carboxylic acid groups (broad SMARTS) is 1. The molecular formula is C5H10Cl2NO3-. The number of carbonyl (C=O) groups is 1. The van der Waals surface area contributed by atoms with Crippen molar-refractivity contribution >= 4 is 5.97 Å². The Morgan fingerprint density at radius 2 is 2.00 bits per heavy atom. The van der Waals surface area contributed by atoms with E-state index in [-0.39, 0.29) is 24.8 Å². The molecule has 1 aliphatic heterocycles. The van der Waals surface area contributed by atoms with Gasteiger partial charge in [0.05, 0.1) is 6.54 Å². The summed E-state index contributed by atoms with van der Waals surface area (Å²) in [5, 5.41) is 19.0. The summed E-state index contributed by atoms with van der Waals surface area (Å²) in [6.45, 7) is 0.720. The monoisotopic (exact) mass is 202 g/mol. The van der Waals surface area contributed by atoms with E-state index in [1.54, 1.807) is 5.32 Å². The van der Waals surface area contributed by atoms with Gasteiger partial charge < -0.3 is 40.3 Å². The fourth-order valence-electron chi connectivity index (χ4n) is 1.05. The van der Waals surface area contributed by atoms with Crippen LogP contribution in [0.3, 0.4) is 0 Å². The molecule has 4 N–H and O–H groups in total. The summed E-state index contributed by atoms with van der Waals surface area (Å²) in [4.78, 5) is 10.2. The molecule has 1 saturated heterocycles. The van der Waals surface area contributed by atoms with Gasteiger partial charge in [0.1, 0.15) is 6.10 Å². The lowest BCUT2D eigenvalue weighted by Crippen LogP contribution is -3.00. The number of hydrogen-bond acceptors (Lipinski definition) is 2. The third-order valence-electron chi connectivity index (χ3n) is 1.58. The number of aliphatic hydroxyl groups excluding tert-OH is 1. The van der Waals surface area contributed by atoms with Gasteiger partial charge in [0.2, 0.25) is 6.04 Å². The van der Waals surface area contributed by atoms with Crippen molar-refractivity contribution in [2.24, 2.45) is 0 Å². The summed E-state index contributed by atoms with van der Waals surface area (Å²) in [6, 6.07) is -0.620. The summed E-state index contributed by atoms with van der Waals surface area (Å²) in [5.74, 6) is -0.917. The van der Waals surface area contributed by atoms with E-state index in [0.29, 0.717) is 6.42 Å². The zero-order chi connectivity index (χ0) is 6.85. The molecule has 11 heavy (non-hydrogen) atoms. The van der Waals surface area contributed by atoms with Gasteiger partial charge in [0.25, 0.3) is 0 Å². The predicted molar refractivity (Wildman–Crippen MR) is 28.8 cm³/mol. The van der Waals surface area contributed by atoms with Crippen molar-refractivity contribution in [2.45, 2.75) is 18.6 Å². The average Bonchev–Trinajstić information content (AvgIpc) is 2.13. The lowest BCUT2D eigenvalue weighted by molar-refractivity contribution is -0.662. The SMILES string of the molecule is O=C(O)[C@H]1[NH2+]CCC1O.[Cl-].[Cl-]. The maximum absolute atomic E-state index is 10.2. The fourth-order valence-corrected chi connectivity index (χ4v) is 1.05. The summed E-state index contributed by atoms with van der Waals surface area (Å²) < 4.78 is 0. The molecule has 1 unspecified atom stereocenters. The number of quaternary nitrogens is 1. The van der Waals surface area contributed by atoms with E-state index in [4.69, 9.17) is 10.2 Å². The molecule has 0 amide bonds. The van der Waals surface area contributed by atoms with E-state index in [1.165, 1.54) is 0 Å². The van der Waals surface area contributed by atoms with Crippen molar-refractivity contribution in [3.05, 3.63) is 0 Å². The smallest absolute Gasteiger partial charge is 0.365 e. The molecule has 1 aliphatic rings. The number of halogens is 2. The van der Waals surface area contributed by atoms with Gasteiger partial charge in [-0.05, 0) is 0 Å². The molecule has 0 saturated carbocycles. The Morgan fingerprint density at radius 3 is 2.18 bits per heavy atom. The molecule has 6 heteroatoms. The van der Waals surface area contributed by atoms with Crippen LogP contribution in [-0.2, 0) is 4.79 Å². The van der Waals surface area contributed by atoms with E-state index in [1.807, 2.05) is 0 Å². The van der Waals surface area contributed by atoms with Crippen LogP contribution in [0.2, 0.25) is 0 Å². The molecule has 0 bridgehead atoms. The minimum absolute atomic E-state index is 0. The molecule has 1 fully saturated rings. The van der Waals surface area contributed by atoms with Crippen LogP contribution in [0, 0.1) is 0 Å². The Balaban J connectivity index is 0. The van der Waals surface area contributed by atoms with Crippen LogP contribution in [0.1, 0.15) is 6.42 Å². The predicted octanol–water partition coefficient (Wildman–Crippen LogP) is -8.22. The van der Waals surface area contributed by atoms with Gasteiger partial charge in [-0.25, -0.2) is 4.79 Å². The second kappa shape index (κ2) is 5.60. The van der Waals surface area contributed by atoms with Crippen molar-refractivity contribution in [3.63, 3.8) is 0 Å². The van der Waals surface area contributed by atoms with Crippen molar-refractivity contribution in [1.82, 2.24) is 0 Å². The van der Waals surface area contributed by atoms with Crippen LogP contribution in [0.4, 0.5) is 0 Å². The minimum Gasteiger partial charge on any atom is -1.00 e. The van der Waals surface area contributed by atoms with E-state index in [0.717, 1.165) is 6.54 Å². The quantitative estimate of drug-likeness (QED) is 0.396. The lowest BCUT2D eigenvalue weighted by atomic mass is 10.2. The van der Waals surface area contributed by atoms with Gasteiger partial charge >= 0.3 is 5.97 Å². The summed E-state index contributed by atoms with van der Waals surface area (Å²) in [7, 11) is 0. The molecule has 0 radical (unpaired) electrons. The molecule has 4 nitrogen and oxygen atoms in total. The Labute approximate surface area is 76.8 Å². The van der Waals surface area contributed by atoms with Crippen LogP contribution in [0.15, 0.2) is 0 Å². The minimum atomic E-state index is -0.917. The molecule has 68 valence electrons. The standard InChI is InChI=1S/C5H9NO3.2ClH/c7-3-1-2-6-4(3)5(8)9;;/h3-4,6-7H,1-2H2,(H,8,9);2*1H/p-1/t3?,4-;;/m0../s1. The second-order valence-corrected chi connectivity index (χ2v) is 2.24. The highest BCUT2D eigenvalue weighted by atomic mass is 35.5. The van der Waals surface area contributed by atoms with Crippen LogP contribution < -0.4 is 30.1 Å². The normalized spacial score (nSPS) is 28.5. The Morgan fingerprint density at radius 1 is 1.45 bits per heavy atom. The molecule has 0 aliphatic carbocycles. The molecular weight excluding hydrogens is 193 g/mol. The van der Waals surface area contributed by atoms with E-state index < -0.39 is 18.1 Å². The molecule has 0 aromatic heterocycles. The maximum atomic E-state index is 10.2. The highest BCUT2D eigenvalue weighted by molar-refractivity contribution is 5.72. The third kappa shape index (κ3) is 3.25. The molecule has 1 heterocycles. The number of rotatable bonds is 1. The number of aliphatic carboxylic acids is 1. The molecule has 0 spiro atoms. The summed E-state index contributed by atoms with van der Waals surface area (Å²) >= 11 is 0. The second-order valence-electron chi connectivity index (χ2n) is 2.24. The van der Waals surface area contributed by atoms with Crippen LogP contribution >= 0.6 is 0 Å². The Kier molecular flexibility index (Phi) is 6.90. The van der Waals surface area contributed by atoms with Crippen LogP contribution in [0.25, 0.3) is 0 Å². The first-order chi connectivity index (χ1) is 4.22. The first-order valence-corrected chi connectivity index (χ1v) is 2.96. The third-order valence-corrected chi connectivity index (χ3v) is 1.58. The Hall–Kier alpha value is -0.0300. The average molecular weight is 203 g/mol. The summed E-state index contributed by atoms with van der Waals surface area (Å²) in [5.41, 5.74) is 0. The number of aliphatic hydroxyl groups is 1. The van der Waals surface area contributed by atoms with E-state index in [2.05, 4.69) is 0 Å². The van der Waals surface area contributed by atoms with Crippen molar-refractivity contribution in [3.8, 4) is 0 Å². The van der Waals surface area contributed by atoms with Gasteiger partial charge in [-0.15, -0.1) is 0 Å². The first kappa shape index (κ1) is 13.6. The highest BCUT2D eigenvalue weighted by Crippen LogP contribution is 1.98. The topological polar surface area (TPSA) is 74.1 Å². The summed E-state index contributed by atoms with van der Waals surface area (Å²) in [6.07, 6.45) is -0.0563. The van der Waals surface area contributed by atoms with Crippen molar-refractivity contribution < 1.29 is 45.1 Å². The van der Waals surface area contributed by atoms with Gasteiger partial charge in [-0.3, -0.25) is 0 Å². The molecule has 2 atom stereocenters. The van der Waals surface area contributed by atoms with Gasteiger partial charge in [-0.2, -0.15) is 0 Å². The van der Waals surface area contributed by atoms with Gasteiger partial charge in [0.15, 0.2) is 0 Å². The fraction of sp³-hybridized carbons (Fsp3) is 0.800. The van der Waals surface area contributed by atoms with Crippen molar-refractivity contribution in [1.29, 1.82) is 0 Å². The Bertz CT molecular complexity index is 133. The van der Waals surface area contributed by atoms with Gasteiger partial charge in [-0.1, -0.05) is 0 Å². The van der Waals surface area contributed by atoms with Gasteiger partial charge in [0, 0.05) is 6.42 Å². The molecule has 0 aromatic rings. The zero-order valence-corrected chi connectivity index (χ0v) is 7.22. The number of nitrogens with two attached hydrogens (primary N) is 1. The largest absolute Gasteiger partial charge is 1.00 e. The van der Waals surface area contributed by atoms with Crippen LogP contribution in [-0.4, -0.2) is 34.9 Å². The number of carboxylic acids is 1. The van der Waals surface area contributed by atoms with Crippen LogP contribution in [0.5, 0.6) is 0 Å².